The van der Waals surface area contributed by atoms with E-state index in [2.05, 4.69) is 15.0 Å². The lowest BCUT2D eigenvalue weighted by atomic mass is 10.1. The van der Waals surface area contributed by atoms with E-state index in [9.17, 15) is 8.42 Å². The van der Waals surface area contributed by atoms with Crippen LogP contribution in [0, 0.1) is 11.3 Å². The first-order valence-corrected chi connectivity index (χ1v) is 7.66. The number of rotatable bonds is 5. The van der Waals surface area contributed by atoms with Crippen LogP contribution in [-0.2, 0) is 16.6 Å². The summed E-state index contributed by atoms with van der Waals surface area (Å²) in [6, 6.07) is 12.1. The summed E-state index contributed by atoms with van der Waals surface area (Å²) in [5.74, 6) is 0. The highest BCUT2D eigenvalue weighted by Crippen LogP contribution is 2.17. The average molecular weight is 302 g/mol. The molecule has 1 aromatic carbocycles. The number of benzene rings is 1. The summed E-state index contributed by atoms with van der Waals surface area (Å²) in [6.07, 6.45) is 1.42. The Morgan fingerprint density at radius 3 is 2.81 bits per heavy atom. The molecule has 0 unspecified atom stereocenters. The zero-order valence-corrected chi connectivity index (χ0v) is 12.2. The molecule has 0 fully saturated rings. The van der Waals surface area contributed by atoms with Crippen LogP contribution in [0.3, 0.4) is 0 Å². The van der Waals surface area contributed by atoms with Gasteiger partial charge < -0.3 is 5.32 Å². The monoisotopic (exact) mass is 302 g/mol. The predicted octanol–water partition coefficient (Wildman–Crippen LogP) is 1.47. The van der Waals surface area contributed by atoms with Crippen molar-refractivity contribution < 1.29 is 8.42 Å². The molecular formula is C14H14N4O2S. The molecule has 0 aliphatic carbocycles. The van der Waals surface area contributed by atoms with Gasteiger partial charge in [-0.05, 0) is 29.8 Å². The Hall–Kier alpha value is -2.43. The number of anilines is 1. The van der Waals surface area contributed by atoms with Gasteiger partial charge in [-0.15, -0.1) is 0 Å². The summed E-state index contributed by atoms with van der Waals surface area (Å²) in [5, 5.41) is 11.6. The van der Waals surface area contributed by atoms with Crippen molar-refractivity contribution in [1.82, 2.24) is 9.71 Å². The van der Waals surface area contributed by atoms with Crippen molar-refractivity contribution in [3.05, 3.63) is 53.7 Å². The number of nitrogens with zero attached hydrogens (tertiary/aromatic N) is 2. The highest BCUT2D eigenvalue weighted by Gasteiger charge is 2.19. The van der Waals surface area contributed by atoms with Crippen molar-refractivity contribution in [1.29, 1.82) is 5.26 Å². The van der Waals surface area contributed by atoms with E-state index in [0.717, 1.165) is 0 Å². The number of nitriles is 1. The van der Waals surface area contributed by atoms with E-state index < -0.39 is 10.0 Å². The fourth-order valence-electron chi connectivity index (χ4n) is 1.79. The van der Waals surface area contributed by atoms with Crippen LogP contribution in [0.5, 0.6) is 0 Å². The normalized spacial score (nSPS) is 10.9. The molecule has 1 heterocycles. The van der Waals surface area contributed by atoms with Crippen LogP contribution in [0.15, 0.2) is 47.6 Å². The van der Waals surface area contributed by atoms with Crippen molar-refractivity contribution in [2.24, 2.45) is 0 Å². The summed E-state index contributed by atoms with van der Waals surface area (Å²) in [7, 11) is -2.10. The fraction of sp³-hybridized carbons (Fsp3) is 0.143. The molecule has 0 spiro atoms. The third-order valence-electron chi connectivity index (χ3n) is 2.82. The van der Waals surface area contributed by atoms with Crippen LogP contribution in [-0.4, -0.2) is 20.4 Å². The molecule has 21 heavy (non-hydrogen) atoms. The molecule has 6 nitrogen and oxygen atoms in total. The van der Waals surface area contributed by atoms with E-state index in [1.165, 1.54) is 6.20 Å². The maximum atomic E-state index is 12.3. The predicted molar refractivity (Wildman–Crippen MR) is 79.0 cm³/mol. The van der Waals surface area contributed by atoms with Crippen molar-refractivity contribution in [3.8, 4) is 6.07 Å². The average Bonchev–Trinajstić information content (AvgIpc) is 2.53. The molecule has 0 aliphatic heterocycles. The molecule has 2 N–H and O–H groups in total. The minimum atomic E-state index is -3.73. The van der Waals surface area contributed by atoms with Gasteiger partial charge in [0.15, 0.2) is 5.03 Å². The van der Waals surface area contributed by atoms with Crippen LogP contribution in [0.2, 0.25) is 0 Å². The second-order valence-electron chi connectivity index (χ2n) is 4.24. The van der Waals surface area contributed by atoms with Gasteiger partial charge in [-0.2, -0.15) is 5.26 Å². The lowest BCUT2D eigenvalue weighted by Gasteiger charge is -2.10. The first-order chi connectivity index (χ1) is 10.1. The summed E-state index contributed by atoms with van der Waals surface area (Å²) in [5.41, 5.74) is 1.62. The molecule has 0 bridgehead atoms. The molecule has 0 aliphatic rings. The lowest BCUT2D eigenvalue weighted by Crippen LogP contribution is -2.25. The topological polar surface area (TPSA) is 94.9 Å². The number of hydrogen-bond acceptors (Lipinski definition) is 5. The minimum Gasteiger partial charge on any atom is -0.386 e. The Labute approximate surface area is 123 Å². The van der Waals surface area contributed by atoms with E-state index in [-0.39, 0.29) is 11.6 Å². The van der Waals surface area contributed by atoms with Gasteiger partial charge in [-0.1, -0.05) is 12.1 Å². The number of nitrogens with one attached hydrogen (secondary N) is 2. The number of aromatic nitrogens is 1. The number of pyridine rings is 1. The van der Waals surface area contributed by atoms with Gasteiger partial charge >= 0.3 is 0 Å². The first kappa shape index (κ1) is 15.0. The molecule has 1 aromatic heterocycles. The van der Waals surface area contributed by atoms with Gasteiger partial charge in [-0.3, -0.25) is 0 Å². The first-order valence-electron chi connectivity index (χ1n) is 6.18. The lowest BCUT2D eigenvalue weighted by molar-refractivity contribution is 0.578. The quantitative estimate of drug-likeness (QED) is 0.872. The van der Waals surface area contributed by atoms with E-state index in [0.29, 0.717) is 16.8 Å². The smallest absolute Gasteiger partial charge is 0.260 e. The minimum absolute atomic E-state index is 0.0519. The standard InChI is InChI=1S/C14H14N4O2S/c1-16-13-6-3-7-17-14(13)21(19,20)18-10-12-5-2-4-11(8-12)9-15/h2-8,16,18H,10H2,1H3. The largest absolute Gasteiger partial charge is 0.386 e. The molecule has 0 atom stereocenters. The van der Waals surface area contributed by atoms with Gasteiger partial charge in [0.25, 0.3) is 10.0 Å². The maximum Gasteiger partial charge on any atom is 0.260 e. The fourth-order valence-corrected chi connectivity index (χ4v) is 2.95. The maximum absolute atomic E-state index is 12.3. The molecule has 2 rings (SSSR count). The molecule has 0 saturated carbocycles. The Morgan fingerprint density at radius 2 is 2.10 bits per heavy atom. The number of hydrogen-bond donors (Lipinski definition) is 2. The highest BCUT2D eigenvalue weighted by molar-refractivity contribution is 7.89. The SMILES string of the molecule is CNc1cccnc1S(=O)(=O)NCc1cccc(C#N)c1. The Morgan fingerprint density at radius 1 is 1.29 bits per heavy atom. The summed E-state index contributed by atoms with van der Waals surface area (Å²) < 4.78 is 27.0. The van der Waals surface area contributed by atoms with E-state index in [1.807, 2.05) is 6.07 Å². The summed E-state index contributed by atoms with van der Waals surface area (Å²) in [4.78, 5) is 3.90. The molecular weight excluding hydrogens is 288 g/mol. The van der Waals surface area contributed by atoms with Gasteiger partial charge in [0.2, 0.25) is 0 Å². The van der Waals surface area contributed by atoms with Crippen LogP contribution in [0.1, 0.15) is 11.1 Å². The van der Waals surface area contributed by atoms with Crippen LogP contribution in [0.4, 0.5) is 5.69 Å². The Balaban J connectivity index is 2.20. The second kappa shape index (κ2) is 6.35. The molecule has 2 aromatic rings. The van der Waals surface area contributed by atoms with Gasteiger partial charge in [0, 0.05) is 19.8 Å². The Bertz CT molecular complexity index is 782. The molecule has 0 amide bonds. The summed E-state index contributed by atoms with van der Waals surface area (Å²) >= 11 is 0. The van der Waals surface area contributed by atoms with Crippen molar-refractivity contribution in [2.45, 2.75) is 11.6 Å². The van der Waals surface area contributed by atoms with E-state index >= 15 is 0 Å². The number of sulfonamides is 1. The van der Waals surface area contributed by atoms with Gasteiger partial charge in [-0.25, -0.2) is 18.1 Å². The van der Waals surface area contributed by atoms with Crippen molar-refractivity contribution in [2.75, 3.05) is 12.4 Å². The highest BCUT2D eigenvalue weighted by atomic mass is 32.2. The zero-order chi connectivity index (χ0) is 15.3. The van der Waals surface area contributed by atoms with Gasteiger partial charge in [0.05, 0.1) is 17.3 Å². The van der Waals surface area contributed by atoms with Crippen LogP contribution >= 0.6 is 0 Å². The zero-order valence-electron chi connectivity index (χ0n) is 11.4. The molecule has 7 heteroatoms. The third kappa shape index (κ3) is 3.56. The van der Waals surface area contributed by atoms with Crippen LogP contribution < -0.4 is 10.0 Å². The van der Waals surface area contributed by atoms with Crippen molar-refractivity contribution >= 4 is 15.7 Å². The van der Waals surface area contributed by atoms with E-state index in [4.69, 9.17) is 5.26 Å². The molecule has 0 saturated heterocycles. The summed E-state index contributed by atoms with van der Waals surface area (Å²) in [6.45, 7) is 0.0948. The van der Waals surface area contributed by atoms with Gasteiger partial charge in [0.1, 0.15) is 0 Å². The Kier molecular flexibility index (Phi) is 4.52. The second-order valence-corrected chi connectivity index (χ2v) is 5.93. The van der Waals surface area contributed by atoms with Crippen LogP contribution in [0.25, 0.3) is 0 Å². The third-order valence-corrected chi connectivity index (χ3v) is 4.18. The molecule has 108 valence electrons. The van der Waals surface area contributed by atoms with Crippen molar-refractivity contribution in [3.63, 3.8) is 0 Å². The molecule has 0 radical (unpaired) electrons. The van der Waals surface area contributed by atoms with E-state index in [1.54, 1.807) is 43.4 Å².